The maximum atomic E-state index is 13.3. The number of hydrogen-bond acceptors (Lipinski definition) is 7. The Morgan fingerprint density at radius 3 is 2.24 bits per heavy atom. The van der Waals surface area contributed by atoms with Crippen molar-refractivity contribution in [3.8, 4) is 11.5 Å². The Morgan fingerprint density at radius 2 is 1.58 bits per heavy atom. The van der Waals surface area contributed by atoms with Gasteiger partial charge in [0.05, 0.1) is 38.0 Å². The number of ether oxygens (including phenoxy) is 3. The second-order valence-corrected chi connectivity index (χ2v) is 9.53. The highest BCUT2D eigenvalue weighted by molar-refractivity contribution is 6.46. The van der Waals surface area contributed by atoms with E-state index in [-0.39, 0.29) is 11.3 Å². The molecule has 8 nitrogen and oxygen atoms in total. The van der Waals surface area contributed by atoms with Crippen LogP contribution in [0.15, 0.2) is 54.1 Å². The first-order chi connectivity index (χ1) is 18.5. The molecule has 2 saturated heterocycles. The molecule has 8 heteroatoms. The van der Waals surface area contributed by atoms with Crippen molar-refractivity contribution in [3.63, 3.8) is 0 Å². The van der Waals surface area contributed by atoms with Gasteiger partial charge in [-0.1, -0.05) is 25.5 Å². The molecule has 2 aliphatic rings. The number of likely N-dealkylation sites (tertiary alicyclic amines) is 1. The topological polar surface area (TPSA) is 88.5 Å². The number of rotatable bonds is 12. The summed E-state index contributed by atoms with van der Waals surface area (Å²) in [5.74, 6) is -0.0417. The van der Waals surface area contributed by atoms with Crippen molar-refractivity contribution in [2.24, 2.45) is 0 Å². The molecule has 0 bridgehead atoms. The molecule has 0 aliphatic carbocycles. The quantitative estimate of drug-likeness (QED) is 0.191. The fraction of sp³-hybridized carbons (Fsp3) is 0.467. The van der Waals surface area contributed by atoms with E-state index in [1.54, 1.807) is 29.2 Å². The molecule has 2 heterocycles. The largest absolute Gasteiger partial charge is 0.507 e. The second-order valence-electron chi connectivity index (χ2n) is 9.53. The normalized spacial score (nSPS) is 19.6. The molecule has 0 spiro atoms. The van der Waals surface area contributed by atoms with Gasteiger partial charge in [0.25, 0.3) is 11.7 Å². The van der Waals surface area contributed by atoms with Gasteiger partial charge < -0.3 is 24.2 Å². The smallest absolute Gasteiger partial charge is 0.295 e. The maximum Gasteiger partial charge on any atom is 0.295 e. The predicted molar refractivity (Wildman–Crippen MR) is 145 cm³/mol. The summed E-state index contributed by atoms with van der Waals surface area (Å²) < 4.78 is 16.7. The molecule has 2 aromatic rings. The number of carbonyl (C=O) groups is 2. The lowest BCUT2D eigenvalue weighted by Gasteiger charge is -2.29. The Balaban J connectivity index is 1.62. The fourth-order valence-corrected chi connectivity index (χ4v) is 4.86. The number of unbranched alkanes of at least 4 members (excludes halogenated alkanes) is 1. The molecule has 1 atom stereocenters. The number of aliphatic hydroxyl groups is 1. The van der Waals surface area contributed by atoms with E-state index in [1.807, 2.05) is 31.2 Å². The van der Waals surface area contributed by atoms with Crippen LogP contribution in [0.4, 0.5) is 0 Å². The van der Waals surface area contributed by atoms with Crippen molar-refractivity contribution in [1.29, 1.82) is 0 Å². The predicted octanol–water partition coefficient (Wildman–Crippen LogP) is 4.41. The average Bonchev–Trinajstić information content (AvgIpc) is 3.19. The lowest BCUT2D eigenvalue weighted by atomic mass is 9.95. The van der Waals surface area contributed by atoms with E-state index in [1.165, 1.54) is 0 Å². The third-order valence-corrected chi connectivity index (χ3v) is 6.92. The van der Waals surface area contributed by atoms with E-state index in [0.717, 1.165) is 43.8 Å². The van der Waals surface area contributed by atoms with Crippen LogP contribution >= 0.6 is 0 Å². The Morgan fingerprint density at radius 1 is 0.921 bits per heavy atom. The SMILES string of the molecule is CCCCOc1ccc(C2/C(=C(\O)c3ccc(OCC)cc3)C(=O)C(=O)N2CCCN2CCOCC2)cc1. The van der Waals surface area contributed by atoms with Gasteiger partial charge in [0, 0.05) is 31.7 Å². The minimum absolute atomic E-state index is 0.102. The van der Waals surface area contributed by atoms with Crippen molar-refractivity contribution in [2.75, 3.05) is 52.6 Å². The third-order valence-electron chi connectivity index (χ3n) is 6.92. The number of carbonyl (C=O) groups excluding carboxylic acids is 2. The van der Waals surface area contributed by atoms with Crippen molar-refractivity contribution in [2.45, 2.75) is 39.2 Å². The van der Waals surface area contributed by atoms with Crippen LogP contribution in [0.3, 0.4) is 0 Å². The van der Waals surface area contributed by atoms with Crippen molar-refractivity contribution < 1.29 is 28.9 Å². The summed E-state index contributed by atoms with van der Waals surface area (Å²) in [6, 6.07) is 13.7. The number of nitrogens with zero attached hydrogens (tertiary/aromatic N) is 2. The van der Waals surface area contributed by atoms with Crippen LogP contribution in [-0.4, -0.2) is 79.2 Å². The number of ketones is 1. The van der Waals surface area contributed by atoms with E-state index < -0.39 is 17.7 Å². The minimum atomic E-state index is -0.684. The van der Waals surface area contributed by atoms with Gasteiger partial charge in [0.15, 0.2) is 0 Å². The summed E-state index contributed by atoms with van der Waals surface area (Å²) in [7, 11) is 0. The van der Waals surface area contributed by atoms with Crippen LogP contribution in [0.1, 0.15) is 50.3 Å². The summed E-state index contributed by atoms with van der Waals surface area (Å²) in [6.45, 7) is 9.52. The van der Waals surface area contributed by atoms with Crippen LogP contribution in [0.5, 0.6) is 11.5 Å². The summed E-state index contributed by atoms with van der Waals surface area (Å²) >= 11 is 0. The van der Waals surface area contributed by atoms with E-state index >= 15 is 0 Å². The molecule has 2 fully saturated rings. The summed E-state index contributed by atoms with van der Waals surface area (Å²) in [4.78, 5) is 30.5. The standard InChI is InChI=1S/C30H38N2O6/c1-3-5-19-38-25-11-7-22(8-12-25)27-26(28(33)23-9-13-24(14-10-23)37-4-2)29(34)30(35)32(27)16-6-15-31-17-20-36-21-18-31/h7-14,27,33H,3-6,15-21H2,1-2H3/b28-26+. The van der Waals surface area contributed by atoms with Crippen molar-refractivity contribution >= 4 is 17.4 Å². The molecular weight excluding hydrogens is 484 g/mol. The van der Waals surface area contributed by atoms with Crippen molar-refractivity contribution in [1.82, 2.24) is 9.80 Å². The molecule has 204 valence electrons. The number of aliphatic hydroxyl groups excluding tert-OH is 1. The zero-order valence-electron chi connectivity index (χ0n) is 22.4. The molecule has 0 saturated carbocycles. The lowest BCUT2D eigenvalue weighted by Crippen LogP contribution is -2.38. The highest BCUT2D eigenvalue weighted by atomic mass is 16.5. The molecule has 1 unspecified atom stereocenters. The second kappa shape index (κ2) is 13.4. The van der Waals surface area contributed by atoms with Gasteiger partial charge >= 0.3 is 0 Å². The van der Waals surface area contributed by atoms with Crippen LogP contribution in [0, 0.1) is 0 Å². The highest BCUT2D eigenvalue weighted by Gasteiger charge is 2.45. The van der Waals surface area contributed by atoms with Gasteiger partial charge in [0.2, 0.25) is 0 Å². The number of hydrogen-bond donors (Lipinski definition) is 1. The Kier molecular flexibility index (Phi) is 9.79. The van der Waals surface area contributed by atoms with Crippen LogP contribution in [-0.2, 0) is 14.3 Å². The van der Waals surface area contributed by atoms with E-state index in [2.05, 4.69) is 11.8 Å². The molecule has 4 rings (SSSR count). The van der Waals surface area contributed by atoms with Gasteiger partial charge in [-0.2, -0.15) is 0 Å². The van der Waals surface area contributed by atoms with Gasteiger partial charge in [-0.25, -0.2) is 0 Å². The summed E-state index contributed by atoms with van der Waals surface area (Å²) in [5.41, 5.74) is 1.32. The van der Waals surface area contributed by atoms with E-state index in [0.29, 0.717) is 50.7 Å². The van der Waals surface area contributed by atoms with Crippen molar-refractivity contribution in [3.05, 3.63) is 65.2 Å². The minimum Gasteiger partial charge on any atom is -0.507 e. The Labute approximate surface area is 224 Å². The zero-order chi connectivity index (χ0) is 26.9. The first-order valence-corrected chi connectivity index (χ1v) is 13.6. The molecule has 2 aromatic carbocycles. The zero-order valence-corrected chi connectivity index (χ0v) is 22.4. The molecule has 0 aromatic heterocycles. The number of Topliss-reactive ketones (excluding diaryl/α,β-unsaturated/α-hetero) is 1. The monoisotopic (exact) mass is 522 g/mol. The first kappa shape index (κ1) is 27.7. The average molecular weight is 523 g/mol. The molecular formula is C30H38N2O6. The summed E-state index contributed by atoms with van der Waals surface area (Å²) in [5, 5.41) is 11.3. The van der Waals surface area contributed by atoms with Gasteiger partial charge in [-0.05, 0) is 61.7 Å². The number of morpholine rings is 1. The van der Waals surface area contributed by atoms with Crippen LogP contribution < -0.4 is 9.47 Å². The molecule has 0 radical (unpaired) electrons. The molecule has 1 N–H and O–H groups in total. The molecule has 38 heavy (non-hydrogen) atoms. The first-order valence-electron chi connectivity index (χ1n) is 13.6. The summed E-state index contributed by atoms with van der Waals surface area (Å²) in [6.07, 6.45) is 2.72. The Bertz CT molecular complexity index is 1110. The third kappa shape index (κ3) is 6.55. The molecule has 1 amide bonds. The van der Waals surface area contributed by atoms with Gasteiger partial charge in [0.1, 0.15) is 17.3 Å². The number of benzene rings is 2. The molecule has 2 aliphatic heterocycles. The van der Waals surface area contributed by atoms with Gasteiger partial charge in [-0.15, -0.1) is 0 Å². The highest BCUT2D eigenvalue weighted by Crippen LogP contribution is 2.40. The van der Waals surface area contributed by atoms with Crippen LogP contribution in [0.2, 0.25) is 0 Å². The number of amides is 1. The van der Waals surface area contributed by atoms with Gasteiger partial charge in [-0.3, -0.25) is 14.5 Å². The van der Waals surface area contributed by atoms with Crippen LogP contribution in [0.25, 0.3) is 5.76 Å². The lowest BCUT2D eigenvalue weighted by molar-refractivity contribution is -0.140. The van der Waals surface area contributed by atoms with E-state index in [9.17, 15) is 14.7 Å². The van der Waals surface area contributed by atoms with E-state index in [4.69, 9.17) is 14.2 Å². The Hall–Kier alpha value is -3.36. The maximum absolute atomic E-state index is 13.3. The fourth-order valence-electron chi connectivity index (χ4n) is 4.86.